The van der Waals surface area contributed by atoms with Crippen LogP contribution in [-0.2, 0) is 10.0 Å². The zero-order valence-corrected chi connectivity index (χ0v) is 12.9. The van der Waals surface area contributed by atoms with Crippen molar-refractivity contribution >= 4 is 48.9 Å². The number of hydrogen-bond donors (Lipinski definition) is 2. The van der Waals surface area contributed by atoms with E-state index in [-0.39, 0.29) is 21.4 Å². The monoisotopic (exact) mass is 379 g/mol. The van der Waals surface area contributed by atoms with Gasteiger partial charge in [-0.3, -0.25) is 4.72 Å². The summed E-state index contributed by atoms with van der Waals surface area (Å²) in [5, 5.41) is 0.197. The highest BCUT2D eigenvalue weighted by atomic mass is 79.9. The van der Waals surface area contributed by atoms with Crippen molar-refractivity contribution in [2.75, 3.05) is 10.5 Å². The summed E-state index contributed by atoms with van der Waals surface area (Å²) in [5.74, 6) is -0.735. The van der Waals surface area contributed by atoms with Gasteiger partial charge in [-0.15, -0.1) is 0 Å². The molecule has 5 nitrogen and oxygen atoms in total. The van der Waals surface area contributed by atoms with Crippen LogP contribution in [-0.4, -0.2) is 13.4 Å². The Morgan fingerprint density at radius 3 is 2.60 bits per heavy atom. The van der Waals surface area contributed by atoms with E-state index >= 15 is 0 Å². The number of pyridine rings is 1. The first-order valence-corrected chi connectivity index (χ1v) is 7.83. The maximum Gasteiger partial charge on any atom is 0.262 e. The van der Waals surface area contributed by atoms with Gasteiger partial charge in [-0.1, -0.05) is 11.6 Å². The summed E-state index contributed by atoms with van der Waals surface area (Å²) in [6.45, 7) is 0. The molecule has 0 radical (unpaired) electrons. The average molecular weight is 381 g/mol. The number of rotatable bonds is 3. The number of nitrogen functional groups attached to an aromatic ring is 1. The van der Waals surface area contributed by atoms with Crippen LogP contribution in [0, 0.1) is 5.82 Å². The Bertz CT molecular complexity index is 750. The summed E-state index contributed by atoms with van der Waals surface area (Å²) < 4.78 is 40.1. The van der Waals surface area contributed by atoms with Gasteiger partial charge in [-0.2, -0.15) is 0 Å². The van der Waals surface area contributed by atoms with Gasteiger partial charge in [0.2, 0.25) is 0 Å². The smallest absolute Gasteiger partial charge is 0.262 e. The number of nitrogens with two attached hydrogens (primary N) is 1. The number of sulfonamides is 1. The molecule has 0 unspecified atom stereocenters. The second-order valence-electron chi connectivity index (χ2n) is 3.82. The van der Waals surface area contributed by atoms with Crippen LogP contribution in [0.2, 0.25) is 5.15 Å². The van der Waals surface area contributed by atoms with E-state index in [1.807, 2.05) is 0 Å². The van der Waals surface area contributed by atoms with Crippen LogP contribution in [0.15, 0.2) is 39.8 Å². The lowest BCUT2D eigenvalue weighted by Crippen LogP contribution is -2.13. The van der Waals surface area contributed by atoms with E-state index in [0.717, 1.165) is 18.2 Å². The number of aromatic nitrogens is 1. The van der Waals surface area contributed by atoms with E-state index in [1.165, 1.54) is 12.3 Å². The molecule has 2 aromatic rings. The molecule has 9 heteroatoms. The van der Waals surface area contributed by atoms with Crippen molar-refractivity contribution in [1.82, 2.24) is 4.98 Å². The van der Waals surface area contributed by atoms with Crippen LogP contribution in [0.3, 0.4) is 0 Å². The fourth-order valence-electron chi connectivity index (χ4n) is 1.43. The minimum Gasteiger partial charge on any atom is -0.399 e. The van der Waals surface area contributed by atoms with Gasteiger partial charge in [0.25, 0.3) is 10.0 Å². The summed E-state index contributed by atoms with van der Waals surface area (Å²) >= 11 is 8.83. The average Bonchev–Trinajstić information content (AvgIpc) is 2.32. The Morgan fingerprint density at radius 2 is 2.00 bits per heavy atom. The Hall–Kier alpha value is -1.38. The minimum atomic E-state index is -3.96. The van der Waals surface area contributed by atoms with Crippen molar-refractivity contribution in [3.05, 3.63) is 45.9 Å². The van der Waals surface area contributed by atoms with Crippen LogP contribution < -0.4 is 10.5 Å². The Balaban J connectivity index is 2.37. The standard InChI is InChI=1S/C11H8BrClFN3O2S/c12-10-4-8(5-16-11(10)13)17-20(18,19)9-2-6(14)1-7(15)3-9/h1-5,17H,15H2. The largest absolute Gasteiger partial charge is 0.399 e. The molecule has 20 heavy (non-hydrogen) atoms. The van der Waals surface area contributed by atoms with Crippen LogP contribution in [0.5, 0.6) is 0 Å². The lowest BCUT2D eigenvalue weighted by Gasteiger charge is -2.09. The molecule has 2 rings (SSSR count). The van der Waals surface area contributed by atoms with E-state index < -0.39 is 15.8 Å². The zero-order chi connectivity index (χ0) is 14.9. The highest BCUT2D eigenvalue weighted by Gasteiger charge is 2.16. The topological polar surface area (TPSA) is 85.1 Å². The lowest BCUT2D eigenvalue weighted by atomic mass is 10.3. The van der Waals surface area contributed by atoms with Gasteiger partial charge in [0.05, 0.1) is 21.3 Å². The van der Waals surface area contributed by atoms with Crippen molar-refractivity contribution < 1.29 is 12.8 Å². The van der Waals surface area contributed by atoms with Gasteiger partial charge in [0.1, 0.15) is 11.0 Å². The van der Waals surface area contributed by atoms with Gasteiger partial charge in [0, 0.05) is 5.69 Å². The molecule has 0 amide bonds. The number of anilines is 2. The molecule has 1 aromatic carbocycles. The van der Waals surface area contributed by atoms with Crippen LogP contribution >= 0.6 is 27.5 Å². The van der Waals surface area contributed by atoms with Crippen LogP contribution in [0.1, 0.15) is 0 Å². The van der Waals surface area contributed by atoms with Crippen molar-refractivity contribution in [3.63, 3.8) is 0 Å². The fraction of sp³-hybridized carbons (Fsp3) is 0. The molecule has 0 aliphatic carbocycles. The normalized spacial score (nSPS) is 11.3. The van der Waals surface area contributed by atoms with E-state index in [4.69, 9.17) is 17.3 Å². The number of nitrogens with zero attached hydrogens (tertiary/aromatic N) is 1. The molecular weight excluding hydrogens is 373 g/mol. The molecular formula is C11H8BrClFN3O2S. The molecule has 0 saturated heterocycles. The Morgan fingerprint density at radius 1 is 1.30 bits per heavy atom. The summed E-state index contributed by atoms with van der Waals surface area (Å²) in [4.78, 5) is 3.51. The summed E-state index contributed by atoms with van der Waals surface area (Å²) in [5.41, 5.74) is 5.62. The molecule has 0 bridgehead atoms. The van der Waals surface area contributed by atoms with Gasteiger partial charge < -0.3 is 5.73 Å². The van der Waals surface area contributed by atoms with Gasteiger partial charge in [-0.25, -0.2) is 17.8 Å². The third-order valence-electron chi connectivity index (χ3n) is 2.25. The number of benzene rings is 1. The summed E-state index contributed by atoms with van der Waals surface area (Å²) in [6.07, 6.45) is 1.24. The number of halogens is 3. The minimum absolute atomic E-state index is 0.0146. The molecule has 0 spiro atoms. The molecule has 106 valence electrons. The molecule has 0 fully saturated rings. The van der Waals surface area contributed by atoms with Gasteiger partial charge in [0.15, 0.2) is 0 Å². The highest BCUT2D eigenvalue weighted by Crippen LogP contribution is 2.25. The molecule has 0 aliphatic heterocycles. The van der Waals surface area contributed by atoms with Crippen LogP contribution in [0.25, 0.3) is 0 Å². The summed E-state index contributed by atoms with van der Waals surface area (Å²) in [6, 6.07) is 4.50. The molecule has 0 atom stereocenters. The van der Waals surface area contributed by atoms with Gasteiger partial charge in [-0.05, 0) is 40.2 Å². The first kappa shape index (κ1) is 15.0. The number of nitrogens with one attached hydrogen (secondary N) is 1. The maximum absolute atomic E-state index is 13.2. The molecule has 1 aromatic heterocycles. The van der Waals surface area contributed by atoms with E-state index in [9.17, 15) is 12.8 Å². The van der Waals surface area contributed by atoms with E-state index in [2.05, 4.69) is 25.6 Å². The van der Waals surface area contributed by atoms with E-state index in [1.54, 1.807) is 0 Å². The first-order chi connectivity index (χ1) is 9.28. The molecule has 0 saturated carbocycles. The van der Waals surface area contributed by atoms with Crippen molar-refractivity contribution in [3.8, 4) is 0 Å². The molecule has 0 aliphatic rings. The van der Waals surface area contributed by atoms with Crippen LogP contribution in [0.4, 0.5) is 15.8 Å². The fourth-order valence-corrected chi connectivity index (χ4v) is 2.98. The highest BCUT2D eigenvalue weighted by molar-refractivity contribution is 9.10. The Labute approximate surface area is 128 Å². The third kappa shape index (κ3) is 3.38. The van der Waals surface area contributed by atoms with Gasteiger partial charge >= 0.3 is 0 Å². The second-order valence-corrected chi connectivity index (χ2v) is 6.72. The van der Waals surface area contributed by atoms with Crippen molar-refractivity contribution in [2.24, 2.45) is 0 Å². The lowest BCUT2D eigenvalue weighted by molar-refractivity contribution is 0.595. The van der Waals surface area contributed by atoms with E-state index in [0.29, 0.717) is 4.47 Å². The maximum atomic E-state index is 13.2. The predicted molar refractivity (Wildman–Crippen MR) is 78.6 cm³/mol. The third-order valence-corrected chi connectivity index (χ3v) is 4.75. The SMILES string of the molecule is Nc1cc(F)cc(S(=O)(=O)Nc2cnc(Cl)c(Br)c2)c1. The first-order valence-electron chi connectivity index (χ1n) is 5.18. The summed E-state index contributed by atoms with van der Waals surface area (Å²) in [7, 11) is -3.96. The van der Waals surface area contributed by atoms with Crippen molar-refractivity contribution in [2.45, 2.75) is 4.90 Å². The quantitative estimate of drug-likeness (QED) is 0.633. The zero-order valence-electron chi connectivity index (χ0n) is 9.77. The molecule has 1 heterocycles. The van der Waals surface area contributed by atoms with Crippen molar-refractivity contribution in [1.29, 1.82) is 0 Å². The Kier molecular flexibility index (Phi) is 4.17. The second kappa shape index (κ2) is 5.55. The predicted octanol–water partition coefficient (Wildman–Crippen LogP) is 3.02. The number of hydrogen-bond acceptors (Lipinski definition) is 4. The molecule has 3 N–H and O–H groups in total.